The smallest absolute Gasteiger partial charge is 0.260 e. The number of nitrogens with zero attached hydrogens (tertiary/aromatic N) is 2. The number of rotatable bonds is 4. The van der Waals surface area contributed by atoms with E-state index in [9.17, 15) is 9.18 Å². The van der Waals surface area contributed by atoms with E-state index >= 15 is 0 Å². The summed E-state index contributed by atoms with van der Waals surface area (Å²) in [5.74, 6) is 0.177. The normalized spacial score (nSPS) is 10.9. The summed E-state index contributed by atoms with van der Waals surface area (Å²) >= 11 is 7.47. The van der Waals surface area contributed by atoms with Gasteiger partial charge in [-0.2, -0.15) is 0 Å². The van der Waals surface area contributed by atoms with Crippen LogP contribution in [0.1, 0.15) is 10.4 Å². The van der Waals surface area contributed by atoms with Crippen LogP contribution >= 0.6 is 22.9 Å². The number of methoxy groups -OCH3 is 1. The molecule has 0 unspecified atom stereocenters. The molecule has 0 spiro atoms. The molecule has 2 aromatic carbocycles. The van der Waals surface area contributed by atoms with Crippen molar-refractivity contribution < 1.29 is 13.9 Å². The molecule has 0 fully saturated rings. The average molecular weight is 402 g/mol. The van der Waals surface area contributed by atoms with Crippen molar-refractivity contribution in [1.29, 1.82) is 0 Å². The highest BCUT2D eigenvalue weighted by Crippen LogP contribution is 2.32. The Morgan fingerprint density at radius 2 is 2.04 bits per heavy atom. The van der Waals surface area contributed by atoms with E-state index in [-0.39, 0.29) is 11.7 Å². The van der Waals surface area contributed by atoms with E-state index < -0.39 is 0 Å². The van der Waals surface area contributed by atoms with Crippen LogP contribution in [0.5, 0.6) is 5.75 Å². The molecule has 4 rings (SSSR count). The van der Waals surface area contributed by atoms with Gasteiger partial charge in [-0.3, -0.25) is 9.20 Å². The van der Waals surface area contributed by atoms with Gasteiger partial charge in [0.05, 0.1) is 12.7 Å². The first-order valence-corrected chi connectivity index (χ1v) is 9.19. The number of hydrogen-bond acceptors (Lipinski definition) is 4. The summed E-state index contributed by atoms with van der Waals surface area (Å²) < 4.78 is 20.3. The Balaban J connectivity index is 1.78. The van der Waals surface area contributed by atoms with Crippen molar-refractivity contribution in [2.24, 2.45) is 0 Å². The summed E-state index contributed by atoms with van der Waals surface area (Å²) in [7, 11) is 1.49. The summed E-state index contributed by atoms with van der Waals surface area (Å²) in [6.07, 6.45) is 1.81. The summed E-state index contributed by atoms with van der Waals surface area (Å²) in [6.45, 7) is 0. The lowest BCUT2D eigenvalue weighted by molar-refractivity contribution is 0.102. The largest absolute Gasteiger partial charge is 0.496 e. The summed E-state index contributed by atoms with van der Waals surface area (Å²) in [6, 6.07) is 10.8. The van der Waals surface area contributed by atoms with E-state index in [1.165, 1.54) is 30.6 Å². The number of fused-ring (bicyclic) bond motifs is 1. The monoisotopic (exact) mass is 401 g/mol. The first-order chi connectivity index (χ1) is 13.1. The quantitative estimate of drug-likeness (QED) is 0.516. The van der Waals surface area contributed by atoms with Gasteiger partial charge in [-0.1, -0.05) is 11.6 Å². The molecule has 0 aliphatic carbocycles. The van der Waals surface area contributed by atoms with Gasteiger partial charge in [0.1, 0.15) is 23.1 Å². The molecule has 0 atom stereocenters. The van der Waals surface area contributed by atoms with Gasteiger partial charge < -0.3 is 10.1 Å². The van der Waals surface area contributed by atoms with Crippen LogP contribution in [0.4, 0.5) is 10.2 Å². The topological polar surface area (TPSA) is 55.6 Å². The Morgan fingerprint density at radius 3 is 2.78 bits per heavy atom. The third kappa shape index (κ3) is 3.27. The second-order valence-electron chi connectivity index (χ2n) is 5.67. The zero-order valence-electron chi connectivity index (χ0n) is 14.1. The zero-order valence-corrected chi connectivity index (χ0v) is 15.6. The minimum atomic E-state index is -0.384. The first-order valence-electron chi connectivity index (χ1n) is 7.93. The third-order valence-electron chi connectivity index (χ3n) is 4.02. The maximum Gasteiger partial charge on any atom is 0.260 e. The van der Waals surface area contributed by atoms with Gasteiger partial charge in [0, 0.05) is 22.2 Å². The molecule has 2 aromatic heterocycles. The fraction of sp³-hybridized carbons (Fsp3) is 0.0526. The van der Waals surface area contributed by atoms with Gasteiger partial charge in [0.2, 0.25) is 0 Å². The lowest BCUT2D eigenvalue weighted by atomic mass is 10.1. The highest BCUT2D eigenvalue weighted by atomic mass is 35.5. The van der Waals surface area contributed by atoms with E-state index in [1.54, 1.807) is 34.7 Å². The highest BCUT2D eigenvalue weighted by molar-refractivity contribution is 7.15. The molecule has 0 bridgehead atoms. The molecule has 4 aromatic rings. The maximum absolute atomic E-state index is 13.3. The Bertz CT molecular complexity index is 1140. The van der Waals surface area contributed by atoms with E-state index in [2.05, 4.69) is 10.3 Å². The number of benzene rings is 2. The molecule has 0 aliphatic rings. The summed E-state index contributed by atoms with van der Waals surface area (Å²) in [5, 5.41) is 5.18. The number of carbonyl (C=O) groups excluding carboxylic acids is 1. The van der Waals surface area contributed by atoms with Crippen molar-refractivity contribution in [3.8, 4) is 17.0 Å². The molecular weight excluding hydrogens is 389 g/mol. The number of anilines is 1. The van der Waals surface area contributed by atoms with Crippen molar-refractivity contribution >= 4 is 39.6 Å². The molecule has 0 radical (unpaired) electrons. The van der Waals surface area contributed by atoms with Crippen molar-refractivity contribution in [2.45, 2.75) is 0 Å². The molecule has 136 valence electrons. The Labute approximate surface area is 163 Å². The van der Waals surface area contributed by atoms with Crippen LogP contribution < -0.4 is 10.1 Å². The number of halogens is 2. The van der Waals surface area contributed by atoms with Gasteiger partial charge in [-0.25, -0.2) is 9.37 Å². The minimum absolute atomic E-state index is 0.306. The SMILES string of the molecule is COc1ccc(Cl)cc1C(=O)Nc1c(-c2ccc(F)cc2)nc2sccn12. The number of nitrogens with one attached hydrogen (secondary N) is 1. The molecule has 8 heteroatoms. The van der Waals surface area contributed by atoms with Crippen LogP contribution in [0.2, 0.25) is 5.02 Å². The number of thiazole rings is 1. The maximum atomic E-state index is 13.3. The number of carbonyl (C=O) groups is 1. The van der Waals surface area contributed by atoms with Crippen LogP contribution in [0.25, 0.3) is 16.2 Å². The number of ether oxygens (including phenoxy) is 1. The van der Waals surface area contributed by atoms with Crippen molar-refractivity contribution in [3.05, 3.63) is 70.4 Å². The third-order valence-corrected chi connectivity index (χ3v) is 5.01. The van der Waals surface area contributed by atoms with Crippen molar-refractivity contribution in [2.75, 3.05) is 12.4 Å². The molecule has 1 N–H and O–H groups in total. The summed E-state index contributed by atoms with van der Waals surface area (Å²) in [5.41, 5.74) is 1.55. The second kappa shape index (κ2) is 7.02. The molecule has 1 amide bonds. The van der Waals surface area contributed by atoms with Gasteiger partial charge >= 0.3 is 0 Å². The lowest BCUT2D eigenvalue weighted by Gasteiger charge is -2.10. The van der Waals surface area contributed by atoms with E-state index in [0.717, 1.165) is 0 Å². The second-order valence-corrected chi connectivity index (χ2v) is 6.98. The average Bonchev–Trinajstić information content (AvgIpc) is 3.25. The van der Waals surface area contributed by atoms with E-state index in [1.807, 2.05) is 11.6 Å². The van der Waals surface area contributed by atoms with Crippen LogP contribution in [0.15, 0.2) is 54.0 Å². The Hall–Kier alpha value is -2.90. The van der Waals surface area contributed by atoms with Crippen molar-refractivity contribution in [3.63, 3.8) is 0 Å². The van der Waals surface area contributed by atoms with Gasteiger partial charge in [0.25, 0.3) is 5.91 Å². The van der Waals surface area contributed by atoms with Gasteiger partial charge in [0.15, 0.2) is 4.96 Å². The van der Waals surface area contributed by atoms with Gasteiger partial charge in [-0.05, 0) is 42.5 Å². The van der Waals surface area contributed by atoms with Crippen LogP contribution in [0.3, 0.4) is 0 Å². The minimum Gasteiger partial charge on any atom is -0.496 e. The van der Waals surface area contributed by atoms with Crippen LogP contribution in [0, 0.1) is 5.82 Å². The number of amides is 1. The molecule has 0 aliphatic heterocycles. The number of aromatic nitrogens is 2. The molecule has 5 nitrogen and oxygen atoms in total. The lowest BCUT2D eigenvalue weighted by Crippen LogP contribution is -2.15. The first kappa shape index (κ1) is 17.5. The van der Waals surface area contributed by atoms with E-state index in [0.29, 0.717) is 38.4 Å². The van der Waals surface area contributed by atoms with Gasteiger partial charge in [-0.15, -0.1) is 11.3 Å². The standard InChI is InChI=1S/C19H13ClFN3O2S/c1-26-15-7-4-12(20)10-14(15)18(25)23-17-16(11-2-5-13(21)6-3-11)22-19-24(17)8-9-27-19/h2-10H,1H3,(H,23,25). The fourth-order valence-corrected chi connectivity index (χ4v) is 3.63. The van der Waals surface area contributed by atoms with Crippen molar-refractivity contribution in [1.82, 2.24) is 9.38 Å². The number of imidazole rings is 1. The summed E-state index contributed by atoms with van der Waals surface area (Å²) in [4.78, 5) is 18.2. The predicted molar refractivity (Wildman–Crippen MR) is 104 cm³/mol. The molecule has 0 saturated heterocycles. The molecule has 0 saturated carbocycles. The Morgan fingerprint density at radius 1 is 1.26 bits per heavy atom. The predicted octanol–water partition coefficient (Wildman–Crippen LogP) is 5.12. The molecule has 2 heterocycles. The highest BCUT2D eigenvalue weighted by Gasteiger charge is 2.20. The zero-order chi connectivity index (χ0) is 19.0. The molecular formula is C19H13ClFN3O2S. The Kier molecular flexibility index (Phi) is 4.55. The number of hydrogen-bond donors (Lipinski definition) is 1. The van der Waals surface area contributed by atoms with Crippen LogP contribution in [-0.2, 0) is 0 Å². The fourth-order valence-electron chi connectivity index (χ4n) is 2.75. The van der Waals surface area contributed by atoms with Crippen LogP contribution in [-0.4, -0.2) is 22.4 Å². The molecule has 27 heavy (non-hydrogen) atoms. The van der Waals surface area contributed by atoms with E-state index in [4.69, 9.17) is 16.3 Å².